The Morgan fingerprint density at radius 1 is 1.19 bits per heavy atom. The molecule has 2 aromatic rings. The van der Waals surface area contributed by atoms with Crippen molar-refractivity contribution in [2.24, 2.45) is 0 Å². The van der Waals surface area contributed by atoms with E-state index in [9.17, 15) is 9.18 Å². The Morgan fingerprint density at radius 3 is 2.67 bits per heavy atom. The standard InChI is InChI=1S/C22H29FN2O2/c1-16(2)24-22(26)21-12-11-20(27-21)15-25(19-9-4-3-5-10-19)14-17-7-6-8-18(23)13-17/h6-8,11-13,16,19H,3-5,9-10,14-15H2,1-2H3,(H,24,26)/p+1. The molecule has 4 nitrogen and oxygen atoms in total. The molecule has 0 spiro atoms. The predicted octanol–water partition coefficient (Wildman–Crippen LogP) is 3.47. The van der Waals surface area contributed by atoms with E-state index in [4.69, 9.17) is 4.42 Å². The zero-order chi connectivity index (χ0) is 19.2. The molecule has 5 heteroatoms. The van der Waals surface area contributed by atoms with E-state index in [0.29, 0.717) is 18.3 Å². The van der Waals surface area contributed by atoms with Crippen LogP contribution in [0.1, 0.15) is 67.8 Å². The van der Waals surface area contributed by atoms with Crippen LogP contribution in [0, 0.1) is 5.82 Å². The average molecular weight is 373 g/mol. The van der Waals surface area contributed by atoms with Crippen molar-refractivity contribution in [2.45, 2.75) is 71.1 Å². The number of carbonyl (C=O) groups excluding carboxylic acids is 1. The minimum absolute atomic E-state index is 0.0726. The molecule has 2 N–H and O–H groups in total. The first-order chi connectivity index (χ1) is 13.0. The molecule has 0 bridgehead atoms. The number of hydrogen-bond donors (Lipinski definition) is 2. The molecular formula is C22H30FN2O2+. The molecule has 1 amide bonds. The molecule has 1 heterocycles. The van der Waals surface area contributed by atoms with Gasteiger partial charge in [0.05, 0.1) is 6.04 Å². The molecule has 0 saturated heterocycles. The lowest BCUT2D eigenvalue weighted by Crippen LogP contribution is -3.13. The van der Waals surface area contributed by atoms with Crippen LogP contribution in [0.2, 0.25) is 0 Å². The zero-order valence-electron chi connectivity index (χ0n) is 16.3. The van der Waals surface area contributed by atoms with Crippen LogP contribution in [0.15, 0.2) is 40.8 Å². The van der Waals surface area contributed by atoms with E-state index in [2.05, 4.69) is 5.32 Å². The van der Waals surface area contributed by atoms with Gasteiger partial charge in [-0.15, -0.1) is 0 Å². The van der Waals surface area contributed by atoms with Gasteiger partial charge in [-0.25, -0.2) is 4.39 Å². The number of furan rings is 1. The van der Waals surface area contributed by atoms with E-state index in [1.54, 1.807) is 18.2 Å². The fourth-order valence-electron chi connectivity index (χ4n) is 3.92. The first-order valence-electron chi connectivity index (χ1n) is 10.00. The van der Waals surface area contributed by atoms with Crippen molar-refractivity contribution in [1.82, 2.24) is 5.32 Å². The molecule has 1 aromatic carbocycles. The molecule has 1 atom stereocenters. The number of halogens is 1. The smallest absolute Gasteiger partial charge is 0.287 e. The molecule has 1 fully saturated rings. The molecule has 1 saturated carbocycles. The maximum Gasteiger partial charge on any atom is 0.287 e. The van der Waals surface area contributed by atoms with Crippen molar-refractivity contribution in [1.29, 1.82) is 0 Å². The molecule has 1 aliphatic carbocycles. The lowest BCUT2D eigenvalue weighted by Gasteiger charge is -2.31. The minimum Gasteiger partial charge on any atom is -0.450 e. The summed E-state index contributed by atoms with van der Waals surface area (Å²) in [4.78, 5) is 13.5. The molecule has 1 unspecified atom stereocenters. The highest BCUT2D eigenvalue weighted by atomic mass is 19.1. The summed E-state index contributed by atoms with van der Waals surface area (Å²) >= 11 is 0. The zero-order valence-corrected chi connectivity index (χ0v) is 16.3. The van der Waals surface area contributed by atoms with Gasteiger partial charge in [-0.3, -0.25) is 4.79 Å². The largest absolute Gasteiger partial charge is 0.450 e. The second-order valence-electron chi connectivity index (χ2n) is 7.87. The third kappa shape index (κ3) is 5.67. The highest BCUT2D eigenvalue weighted by Gasteiger charge is 2.26. The van der Waals surface area contributed by atoms with E-state index in [-0.39, 0.29) is 17.8 Å². The number of benzene rings is 1. The molecule has 146 valence electrons. The van der Waals surface area contributed by atoms with E-state index in [0.717, 1.165) is 17.9 Å². The first kappa shape index (κ1) is 19.6. The van der Waals surface area contributed by atoms with Gasteiger partial charge in [0, 0.05) is 11.6 Å². The van der Waals surface area contributed by atoms with Crippen LogP contribution in [-0.2, 0) is 13.1 Å². The van der Waals surface area contributed by atoms with Crippen molar-refractivity contribution < 1.29 is 18.5 Å². The minimum atomic E-state index is -0.193. The van der Waals surface area contributed by atoms with Gasteiger partial charge in [0.25, 0.3) is 5.91 Å². The summed E-state index contributed by atoms with van der Waals surface area (Å²) in [5.74, 6) is 0.787. The number of amides is 1. The Morgan fingerprint density at radius 2 is 1.96 bits per heavy atom. The SMILES string of the molecule is CC(C)NC(=O)c1ccc(C[NH+](Cc2cccc(F)c2)C2CCCCC2)o1. The van der Waals surface area contributed by atoms with Crippen molar-refractivity contribution in [3.05, 3.63) is 59.3 Å². The lowest BCUT2D eigenvalue weighted by molar-refractivity contribution is -0.954. The van der Waals surface area contributed by atoms with Crippen LogP contribution < -0.4 is 10.2 Å². The van der Waals surface area contributed by atoms with Crippen LogP contribution in [0.4, 0.5) is 4.39 Å². The first-order valence-corrected chi connectivity index (χ1v) is 10.00. The van der Waals surface area contributed by atoms with Crippen molar-refractivity contribution in [3.63, 3.8) is 0 Å². The fraction of sp³-hybridized carbons (Fsp3) is 0.500. The molecule has 1 aromatic heterocycles. The number of rotatable bonds is 7. The highest BCUT2D eigenvalue weighted by molar-refractivity contribution is 5.91. The van der Waals surface area contributed by atoms with Crippen molar-refractivity contribution in [2.75, 3.05) is 0 Å². The molecule has 0 aliphatic heterocycles. The van der Waals surface area contributed by atoms with Crippen LogP contribution in [0.25, 0.3) is 0 Å². The summed E-state index contributed by atoms with van der Waals surface area (Å²) < 4.78 is 19.4. The number of nitrogens with one attached hydrogen (secondary N) is 2. The third-order valence-corrected chi connectivity index (χ3v) is 5.21. The van der Waals surface area contributed by atoms with E-state index >= 15 is 0 Å². The van der Waals surface area contributed by atoms with Crippen LogP contribution in [0.3, 0.4) is 0 Å². The summed E-state index contributed by atoms with van der Waals surface area (Å²) in [5.41, 5.74) is 1.000. The highest BCUT2D eigenvalue weighted by Crippen LogP contribution is 2.17. The fourth-order valence-corrected chi connectivity index (χ4v) is 3.92. The Labute approximate surface area is 160 Å². The molecule has 27 heavy (non-hydrogen) atoms. The maximum atomic E-state index is 13.6. The van der Waals surface area contributed by atoms with Crippen molar-refractivity contribution in [3.8, 4) is 0 Å². The lowest BCUT2D eigenvalue weighted by atomic mass is 9.93. The molecule has 0 radical (unpaired) electrons. The van der Waals surface area contributed by atoms with Gasteiger partial charge in [0.2, 0.25) is 0 Å². The van der Waals surface area contributed by atoms with Crippen molar-refractivity contribution >= 4 is 5.91 Å². The molecular weight excluding hydrogens is 343 g/mol. The Bertz CT molecular complexity index is 750. The topological polar surface area (TPSA) is 46.7 Å². The van der Waals surface area contributed by atoms with Gasteiger partial charge in [0.1, 0.15) is 18.9 Å². The van der Waals surface area contributed by atoms with Gasteiger partial charge in [-0.1, -0.05) is 18.6 Å². The van der Waals surface area contributed by atoms with E-state index in [1.165, 1.54) is 43.1 Å². The second kappa shape index (κ2) is 9.18. The van der Waals surface area contributed by atoms with Gasteiger partial charge in [-0.2, -0.15) is 0 Å². The van der Waals surface area contributed by atoms with Gasteiger partial charge in [0.15, 0.2) is 11.5 Å². The van der Waals surface area contributed by atoms with Gasteiger partial charge < -0.3 is 14.6 Å². The Kier molecular flexibility index (Phi) is 6.67. The van der Waals surface area contributed by atoms with Crippen LogP contribution in [-0.4, -0.2) is 18.0 Å². The predicted molar refractivity (Wildman–Crippen MR) is 103 cm³/mol. The van der Waals surface area contributed by atoms with E-state index < -0.39 is 0 Å². The summed E-state index contributed by atoms with van der Waals surface area (Å²) in [6.45, 7) is 5.32. The normalized spacial score (nSPS) is 16.4. The summed E-state index contributed by atoms with van der Waals surface area (Å²) in [7, 11) is 0. The third-order valence-electron chi connectivity index (χ3n) is 5.21. The summed E-state index contributed by atoms with van der Waals surface area (Å²) in [5, 5.41) is 2.85. The summed E-state index contributed by atoms with van der Waals surface area (Å²) in [6, 6.07) is 11.1. The molecule has 1 aliphatic rings. The number of quaternary nitrogens is 1. The number of hydrogen-bond acceptors (Lipinski definition) is 2. The van der Waals surface area contributed by atoms with Gasteiger partial charge >= 0.3 is 0 Å². The monoisotopic (exact) mass is 373 g/mol. The van der Waals surface area contributed by atoms with Crippen LogP contribution >= 0.6 is 0 Å². The van der Waals surface area contributed by atoms with E-state index in [1.807, 2.05) is 26.0 Å². The van der Waals surface area contributed by atoms with Gasteiger partial charge in [-0.05, 0) is 63.8 Å². The maximum absolute atomic E-state index is 13.6. The molecule has 3 rings (SSSR count). The quantitative estimate of drug-likeness (QED) is 0.781. The van der Waals surface area contributed by atoms with Crippen LogP contribution in [0.5, 0.6) is 0 Å². The summed E-state index contributed by atoms with van der Waals surface area (Å²) in [6.07, 6.45) is 6.16. The number of carbonyl (C=O) groups is 1. The second-order valence-corrected chi connectivity index (χ2v) is 7.87. The Hall–Kier alpha value is -2.14. The Balaban J connectivity index is 1.73. The average Bonchev–Trinajstić information content (AvgIpc) is 3.10.